The molecule has 0 saturated carbocycles. The van der Waals surface area contributed by atoms with E-state index in [0.717, 1.165) is 11.3 Å². The maximum absolute atomic E-state index is 12.5. The summed E-state index contributed by atoms with van der Waals surface area (Å²) in [5.74, 6) is 0.307. The number of nitrogens with zero attached hydrogens (tertiary/aromatic N) is 1. The van der Waals surface area contributed by atoms with Gasteiger partial charge in [-0.1, -0.05) is 23.7 Å². The van der Waals surface area contributed by atoms with Crippen LogP contribution >= 0.6 is 11.6 Å². The second-order valence-corrected chi connectivity index (χ2v) is 7.36. The fraction of sp³-hybridized carbons (Fsp3) is 0.333. The van der Waals surface area contributed by atoms with Gasteiger partial charge in [-0.2, -0.15) is 0 Å². The predicted octanol–water partition coefficient (Wildman–Crippen LogP) is 3.61. The Bertz CT molecular complexity index is 882. The van der Waals surface area contributed by atoms with Crippen molar-refractivity contribution in [2.24, 2.45) is 5.92 Å². The molecule has 0 aliphatic carbocycles. The van der Waals surface area contributed by atoms with E-state index in [1.54, 1.807) is 18.1 Å². The van der Waals surface area contributed by atoms with Crippen molar-refractivity contribution in [1.82, 2.24) is 10.2 Å². The third kappa shape index (κ3) is 5.54. The minimum Gasteiger partial charge on any atom is -0.506 e. The summed E-state index contributed by atoms with van der Waals surface area (Å²) in [5.41, 5.74) is 1.24. The van der Waals surface area contributed by atoms with Gasteiger partial charge >= 0.3 is 6.03 Å². The molecule has 1 aliphatic rings. The number of urea groups is 1. The molecule has 3 amide bonds. The largest absolute Gasteiger partial charge is 0.506 e. The van der Waals surface area contributed by atoms with Crippen molar-refractivity contribution in [3.63, 3.8) is 0 Å². The number of rotatable bonds is 5. The molecule has 0 atom stereocenters. The number of anilines is 1. The van der Waals surface area contributed by atoms with Crippen LogP contribution in [0, 0.1) is 5.92 Å². The summed E-state index contributed by atoms with van der Waals surface area (Å²) in [6.07, 6.45) is 1.11. The first kappa shape index (κ1) is 20.8. The summed E-state index contributed by atoms with van der Waals surface area (Å²) in [4.78, 5) is 26.6. The number of hydrogen-bond acceptors (Lipinski definition) is 4. The minimum atomic E-state index is -0.226. The molecule has 0 unspecified atom stereocenters. The van der Waals surface area contributed by atoms with Gasteiger partial charge in [-0.15, -0.1) is 0 Å². The molecule has 1 saturated heterocycles. The second-order valence-electron chi connectivity index (χ2n) is 6.92. The molecule has 7 nitrogen and oxygen atoms in total. The predicted molar refractivity (Wildman–Crippen MR) is 111 cm³/mol. The number of carbonyl (C=O) groups is 2. The number of methoxy groups -OCH3 is 1. The first-order chi connectivity index (χ1) is 14.0. The van der Waals surface area contributed by atoms with Crippen molar-refractivity contribution in [2.75, 3.05) is 25.5 Å². The highest BCUT2D eigenvalue weighted by atomic mass is 35.5. The average molecular weight is 418 g/mol. The molecule has 29 heavy (non-hydrogen) atoms. The zero-order valence-electron chi connectivity index (χ0n) is 16.2. The molecule has 1 fully saturated rings. The molecule has 1 heterocycles. The van der Waals surface area contributed by atoms with Crippen LogP contribution in [0.5, 0.6) is 11.5 Å². The Labute approximate surface area is 174 Å². The van der Waals surface area contributed by atoms with Crippen LogP contribution < -0.4 is 15.4 Å². The van der Waals surface area contributed by atoms with Crippen molar-refractivity contribution in [1.29, 1.82) is 0 Å². The van der Waals surface area contributed by atoms with Crippen LogP contribution in [0.3, 0.4) is 0 Å². The molecule has 0 aromatic heterocycles. The topological polar surface area (TPSA) is 90.9 Å². The molecule has 2 aromatic rings. The van der Waals surface area contributed by atoms with Gasteiger partial charge in [0.05, 0.1) is 12.8 Å². The van der Waals surface area contributed by atoms with Crippen LogP contribution in [0.4, 0.5) is 10.5 Å². The third-order valence-electron chi connectivity index (χ3n) is 4.95. The molecular weight excluding hydrogens is 394 g/mol. The Morgan fingerprint density at radius 2 is 1.97 bits per heavy atom. The fourth-order valence-corrected chi connectivity index (χ4v) is 3.43. The Morgan fingerprint density at radius 1 is 1.21 bits per heavy atom. The van der Waals surface area contributed by atoms with E-state index >= 15 is 0 Å². The van der Waals surface area contributed by atoms with E-state index in [9.17, 15) is 14.7 Å². The lowest BCUT2D eigenvalue weighted by molar-refractivity contribution is -0.121. The maximum atomic E-state index is 12.5. The summed E-state index contributed by atoms with van der Waals surface area (Å²) < 4.78 is 5.18. The van der Waals surface area contributed by atoms with Gasteiger partial charge in [-0.3, -0.25) is 4.79 Å². The number of carbonyl (C=O) groups excluding carboxylic acids is 2. The standard InChI is InChI=1S/C21H24ClN3O4/c1-29-17-4-2-3-14(11-17)13-23-21(28)25-9-7-15(8-10-25)20(27)24-18-12-16(22)5-6-19(18)26/h2-6,11-12,15,26H,7-10,13H2,1H3,(H,23,28)(H,24,27). The second kappa shape index (κ2) is 9.52. The van der Waals surface area contributed by atoms with E-state index in [4.69, 9.17) is 16.3 Å². The van der Waals surface area contributed by atoms with Crippen LogP contribution in [0.15, 0.2) is 42.5 Å². The Morgan fingerprint density at radius 3 is 2.69 bits per heavy atom. The number of phenols is 1. The van der Waals surface area contributed by atoms with Crippen LogP contribution in [0.25, 0.3) is 0 Å². The van der Waals surface area contributed by atoms with E-state index in [-0.39, 0.29) is 23.6 Å². The molecule has 0 radical (unpaired) electrons. The number of phenolic OH excluding ortho intramolecular Hbond substituents is 1. The lowest BCUT2D eigenvalue weighted by Gasteiger charge is -2.31. The number of aromatic hydroxyl groups is 1. The third-order valence-corrected chi connectivity index (χ3v) is 5.18. The number of halogens is 1. The molecule has 154 valence electrons. The summed E-state index contributed by atoms with van der Waals surface area (Å²) in [6.45, 7) is 1.39. The van der Waals surface area contributed by atoms with Gasteiger partial charge in [0.15, 0.2) is 0 Å². The van der Waals surface area contributed by atoms with Crippen LogP contribution in [-0.4, -0.2) is 42.1 Å². The van der Waals surface area contributed by atoms with Crippen molar-refractivity contribution >= 4 is 29.2 Å². The minimum absolute atomic E-state index is 0.0305. The number of likely N-dealkylation sites (tertiary alicyclic amines) is 1. The molecule has 3 N–H and O–H groups in total. The molecule has 0 bridgehead atoms. The highest BCUT2D eigenvalue weighted by Crippen LogP contribution is 2.28. The van der Waals surface area contributed by atoms with E-state index in [1.807, 2.05) is 24.3 Å². The zero-order valence-corrected chi connectivity index (χ0v) is 16.9. The summed E-state index contributed by atoms with van der Waals surface area (Å²) in [7, 11) is 1.60. The Balaban J connectivity index is 1.47. The highest BCUT2D eigenvalue weighted by molar-refractivity contribution is 6.31. The number of benzene rings is 2. The van der Waals surface area contributed by atoms with Gasteiger partial charge in [-0.05, 0) is 48.7 Å². The van der Waals surface area contributed by atoms with Crippen molar-refractivity contribution < 1.29 is 19.4 Å². The van der Waals surface area contributed by atoms with Crippen LogP contribution in [0.1, 0.15) is 18.4 Å². The molecule has 2 aromatic carbocycles. The molecular formula is C21H24ClN3O4. The number of piperidine rings is 1. The summed E-state index contributed by atoms with van der Waals surface area (Å²) in [6, 6.07) is 11.9. The van der Waals surface area contributed by atoms with E-state index in [2.05, 4.69) is 10.6 Å². The van der Waals surface area contributed by atoms with Gasteiger partial charge in [-0.25, -0.2) is 4.79 Å². The molecule has 8 heteroatoms. The van der Waals surface area contributed by atoms with Gasteiger partial charge in [0.25, 0.3) is 0 Å². The first-order valence-corrected chi connectivity index (χ1v) is 9.79. The molecule has 0 spiro atoms. The quantitative estimate of drug-likeness (QED) is 0.648. The van der Waals surface area contributed by atoms with Gasteiger partial charge in [0.2, 0.25) is 5.91 Å². The van der Waals surface area contributed by atoms with Gasteiger partial charge in [0, 0.05) is 30.6 Å². The smallest absolute Gasteiger partial charge is 0.317 e. The lowest BCUT2D eigenvalue weighted by atomic mass is 9.96. The average Bonchev–Trinajstić information content (AvgIpc) is 2.74. The Hall–Kier alpha value is -2.93. The Kier molecular flexibility index (Phi) is 6.82. The van der Waals surface area contributed by atoms with E-state index in [1.165, 1.54) is 12.1 Å². The van der Waals surface area contributed by atoms with Crippen molar-refractivity contribution in [2.45, 2.75) is 19.4 Å². The van der Waals surface area contributed by atoms with Crippen molar-refractivity contribution in [3.8, 4) is 11.5 Å². The SMILES string of the molecule is COc1cccc(CNC(=O)N2CCC(C(=O)Nc3cc(Cl)ccc3O)CC2)c1. The fourth-order valence-electron chi connectivity index (χ4n) is 3.26. The molecule has 3 rings (SSSR count). The number of nitrogens with one attached hydrogen (secondary N) is 2. The normalized spacial score (nSPS) is 14.3. The van der Waals surface area contributed by atoms with Crippen molar-refractivity contribution in [3.05, 3.63) is 53.1 Å². The summed E-state index contributed by atoms with van der Waals surface area (Å²) in [5, 5.41) is 15.9. The van der Waals surface area contributed by atoms with Gasteiger partial charge in [0.1, 0.15) is 11.5 Å². The number of ether oxygens (including phenoxy) is 1. The number of hydrogen-bond donors (Lipinski definition) is 3. The zero-order chi connectivity index (χ0) is 20.8. The number of amides is 3. The maximum Gasteiger partial charge on any atom is 0.317 e. The molecule has 1 aliphatic heterocycles. The van der Waals surface area contributed by atoms with Gasteiger partial charge < -0.3 is 25.4 Å². The highest BCUT2D eigenvalue weighted by Gasteiger charge is 2.27. The monoisotopic (exact) mass is 417 g/mol. The van der Waals surface area contributed by atoms with Crippen LogP contribution in [0.2, 0.25) is 5.02 Å². The lowest BCUT2D eigenvalue weighted by Crippen LogP contribution is -2.45. The summed E-state index contributed by atoms with van der Waals surface area (Å²) >= 11 is 5.91. The van der Waals surface area contributed by atoms with E-state index < -0.39 is 0 Å². The van der Waals surface area contributed by atoms with E-state index in [0.29, 0.717) is 43.2 Å². The first-order valence-electron chi connectivity index (χ1n) is 9.41. The van der Waals surface area contributed by atoms with Crippen LogP contribution in [-0.2, 0) is 11.3 Å².